The Bertz CT molecular complexity index is 172. The molecular formula is C13H27N. The molecule has 2 N–H and O–H groups in total. The molecule has 1 fully saturated rings. The van der Waals surface area contributed by atoms with Crippen molar-refractivity contribution in [2.45, 2.75) is 71.8 Å². The highest BCUT2D eigenvalue weighted by Crippen LogP contribution is 2.35. The summed E-state index contributed by atoms with van der Waals surface area (Å²) in [6.07, 6.45) is 7.92. The molecular weight excluding hydrogens is 170 g/mol. The summed E-state index contributed by atoms with van der Waals surface area (Å²) >= 11 is 0. The second kappa shape index (κ2) is 4.22. The van der Waals surface area contributed by atoms with E-state index in [-0.39, 0.29) is 5.54 Å². The average Bonchev–Trinajstić information content (AvgIpc) is 1.93. The second-order valence-corrected chi connectivity index (χ2v) is 6.72. The SMILES string of the molecule is CC(C)(C)CCC(C)(N)CC1CCC1. The van der Waals surface area contributed by atoms with Gasteiger partial charge < -0.3 is 5.73 Å². The van der Waals surface area contributed by atoms with Gasteiger partial charge in [0, 0.05) is 5.54 Å². The fraction of sp³-hybridized carbons (Fsp3) is 1.00. The molecule has 0 saturated heterocycles. The molecule has 0 spiro atoms. The third-order valence-corrected chi connectivity index (χ3v) is 3.43. The Labute approximate surface area is 89.5 Å². The van der Waals surface area contributed by atoms with Crippen LogP contribution in [0.25, 0.3) is 0 Å². The first kappa shape index (κ1) is 12.0. The Kier molecular flexibility index (Phi) is 3.63. The minimum atomic E-state index is 0.0817. The van der Waals surface area contributed by atoms with Crippen molar-refractivity contribution in [3.8, 4) is 0 Å². The smallest absolute Gasteiger partial charge is 0.0128 e. The quantitative estimate of drug-likeness (QED) is 0.730. The molecule has 0 radical (unpaired) electrons. The van der Waals surface area contributed by atoms with Gasteiger partial charge in [-0.25, -0.2) is 0 Å². The van der Waals surface area contributed by atoms with Gasteiger partial charge in [0.1, 0.15) is 0 Å². The number of nitrogens with two attached hydrogens (primary N) is 1. The third-order valence-electron chi connectivity index (χ3n) is 3.43. The third kappa shape index (κ3) is 4.45. The van der Waals surface area contributed by atoms with E-state index >= 15 is 0 Å². The van der Waals surface area contributed by atoms with E-state index in [2.05, 4.69) is 27.7 Å². The van der Waals surface area contributed by atoms with E-state index in [0.29, 0.717) is 5.41 Å². The number of rotatable bonds is 4. The Morgan fingerprint density at radius 3 is 2.00 bits per heavy atom. The molecule has 0 bridgehead atoms. The Morgan fingerprint density at radius 2 is 1.64 bits per heavy atom. The first-order valence-corrected chi connectivity index (χ1v) is 6.07. The summed E-state index contributed by atoms with van der Waals surface area (Å²) < 4.78 is 0. The molecule has 0 aromatic carbocycles. The first-order valence-electron chi connectivity index (χ1n) is 6.07. The maximum Gasteiger partial charge on any atom is 0.0128 e. The molecule has 1 unspecified atom stereocenters. The van der Waals surface area contributed by atoms with Gasteiger partial charge in [-0.15, -0.1) is 0 Å². The summed E-state index contributed by atoms with van der Waals surface area (Å²) in [4.78, 5) is 0. The van der Waals surface area contributed by atoms with E-state index in [4.69, 9.17) is 5.73 Å². The lowest BCUT2D eigenvalue weighted by atomic mass is 9.74. The predicted octanol–water partition coefficient (Wildman–Crippen LogP) is 3.72. The van der Waals surface area contributed by atoms with Crippen LogP contribution in [0.3, 0.4) is 0 Å². The van der Waals surface area contributed by atoms with E-state index in [1.165, 1.54) is 38.5 Å². The molecule has 0 heterocycles. The largest absolute Gasteiger partial charge is 0.325 e. The van der Waals surface area contributed by atoms with Crippen molar-refractivity contribution in [3.63, 3.8) is 0 Å². The molecule has 0 aromatic heterocycles. The molecule has 0 aromatic rings. The van der Waals surface area contributed by atoms with Crippen molar-refractivity contribution >= 4 is 0 Å². The van der Waals surface area contributed by atoms with Crippen molar-refractivity contribution in [3.05, 3.63) is 0 Å². The highest BCUT2D eigenvalue weighted by molar-refractivity contribution is 4.86. The van der Waals surface area contributed by atoms with Crippen LogP contribution in [0.1, 0.15) is 66.2 Å². The van der Waals surface area contributed by atoms with E-state index < -0.39 is 0 Å². The van der Waals surface area contributed by atoms with Gasteiger partial charge >= 0.3 is 0 Å². The molecule has 1 aliphatic rings. The van der Waals surface area contributed by atoms with Gasteiger partial charge in [-0.05, 0) is 37.5 Å². The van der Waals surface area contributed by atoms with Gasteiger partial charge in [-0.3, -0.25) is 0 Å². The maximum absolute atomic E-state index is 6.33. The van der Waals surface area contributed by atoms with Gasteiger partial charge in [0.15, 0.2) is 0 Å². The lowest BCUT2D eigenvalue weighted by molar-refractivity contribution is 0.208. The lowest BCUT2D eigenvalue weighted by Crippen LogP contribution is -2.40. The predicted molar refractivity (Wildman–Crippen MR) is 63.2 cm³/mol. The molecule has 0 aliphatic heterocycles. The van der Waals surface area contributed by atoms with Crippen LogP contribution in [0.15, 0.2) is 0 Å². The van der Waals surface area contributed by atoms with Crippen molar-refractivity contribution in [1.82, 2.24) is 0 Å². The fourth-order valence-electron chi connectivity index (χ4n) is 2.12. The fourth-order valence-corrected chi connectivity index (χ4v) is 2.12. The molecule has 1 aliphatic carbocycles. The van der Waals surface area contributed by atoms with Crippen LogP contribution >= 0.6 is 0 Å². The molecule has 1 rings (SSSR count). The molecule has 1 heteroatoms. The first-order chi connectivity index (χ1) is 6.29. The Balaban J connectivity index is 2.25. The van der Waals surface area contributed by atoms with E-state index in [1.807, 2.05) is 0 Å². The summed E-state index contributed by atoms with van der Waals surface area (Å²) in [6, 6.07) is 0. The zero-order valence-electron chi connectivity index (χ0n) is 10.4. The van der Waals surface area contributed by atoms with Crippen molar-refractivity contribution in [2.75, 3.05) is 0 Å². The van der Waals surface area contributed by atoms with Crippen molar-refractivity contribution in [1.29, 1.82) is 0 Å². The van der Waals surface area contributed by atoms with Crippen LogP contribution < -0.4 is 5.73 Å². The van der Waals surface area contributed by atoms with E-state index in [0.717, 1.165) is 5.92 Å². The monoisotopic (exact) mass is 197 g/mol. The van der Waals surface area contributed by atoms with Crippen molar-refractivity contribution < 1.29 is 0 Å². The van der Waals surface area contributed by atoms with Crippen LogP contribution in [0.5, 0.6) is 0 Å². The highest BCUT2D eigenvalue weighted by Gasteiger charge is 2.28. The topological polar surface area (TPSA) is 26.0 Å². The van der Waals surface area contributed by atoms with E-state index in [1.54, 1.807) is 0 Å². The standard InChI is InChI=1S/C13H27N/c1-12(2,3)8-9-13(4,14)10-11-6-5-7-11/h11H,5-10,14H2,1-4H3. The number of hydrogen-bond donors (Lipinski definition) is 1. The summed E-state index contributed by atoms with van der Waals surface area (Å²) in [7, 11) is 0. The van der Waals surface area contributed by atoms with Crippen LogP contribution in [-0.2, 0) is 0 Å². The maximum atomic E-state index is 6.33. The molecule has 1 nitrogen and oxygen atoms in total. The normalized spacial score (nSPS) is 22.9. The molecule has 1 atom stereocenters. The highest BCUT2D eigenvalue weighted by atomic mass is 14.7. The van der Waals surface area contributed by atoms with E-state index in [9.17, 15) is 0 Å². The summed E-state index contributed by atoms with van der Waals surface area (Å²) in [5, 5.41) is 0. The van der Waals surface area contributed by atoms with Crippen LogP contribution in [0.4, 0.5) is 0 Å². The Morgan fingerprint density at radius 1 is 1.07 bits per heavy atom. The van der Waals surface area contributed by atoms with Gasteiger partial charge in [-0.2, -0.15) is 0 Å². The van der Waals surface area contributed by atoms with Crippen molar-refractivity contribution in [2.24, 2.45) is 17.1 Å². The van der Waals surface area contributed by atoms with Crippen LogP contribution in [0.2, 0.25) is 0 Å². The molecule has 84 valence electrons. The Hall–Kier alpha value is -0.0400. The van der Waals surface area contributed by atoms with Crippen LogP contribution in [0, 0.1) is 11.3 Å². The average molecular weight is 197 g/mol. The molecule has 14 heavy (non-hydrogen) atoms. The summed E-state index contributed by atoms with van der Waals surface area (Å²) in [5.74, 6) is 0.935. The molecule has 0 amide bonds. The number of hydrogen-bond acceptors (Lipinski definition) is 1. The summed E-state index contributed by atoms with van der Waals surface area (Å²) in [5.41, 5.74) is 6.85. The zero-order valence-corrected chi connectivity index (χ0v) is 10.4. The zero-order chi connectivity index (χ0) is 10.8. The minimum Gasteiger partial charge on any atom is -0.325 e. The minimum absolute atomic E-state index is 0.0817. The summed E-state index contributed by atoms with van der Waals surface area (Å²) in [6.45, 7) is 9.13. The van der Waals surface area contributed by atoms with Gasteiger partial charge in [0.2, 0.25) is 0 Å². The second-order valence-electron chi connectivity index (χ2n) is 6.72. The van der Waals surface area contributed by atoms with Gasteiger partial charge in [-0.1, -0.05) is 40.0 Å². The lowest BCUT2D eigenvalue weighted by Gasteiger charge is -2.35. The van der Waals surface area contributed by atoms with Gasteiger partial charge in [0.25, 0.3) is 0 Å². The molecule has 1 saturated carbocycles. The van der Waals surface area contributed by atoms with Crippen LogP contribution in [-0.4, -0.2) is 5.54 Å². The van der Waals surface area contributed by atoms with Gasteiger partial charge in [0.05, 0.1) is 0 Å².